The lowest BCUT2D eigenvalue weighted by molar-refractivity contribution is -0.198. The Labute approximate surface area is 349 Å². The molecule has 0 spiro atoms. The van der Waals surface area contributed by atoms with Crippen LogP contribution in [0.2, 0.25) is 0 Å². The van der Waals surface area contributed by atoms with Crippen LogP contribution in [0.1, 0.15) is 103 Å². The first-order valence-electron chi connectivity index (χ1n) is 19.5. The second-order valence-electron chi connectivity index (χ2n) is 12.9. The van der Waals surface area contributed by atoms with Crippen LogP contribution >= 0.6 is 34.8 Å². The van der Waals surface area contributed by atoms with Gasteiger partial charge < -0.3 is 49.8 Å². The number of hydroxylamine groups is 2. The highest BCUT2D eigenvalue weighted by atomic mass is 35.6. The summed E-state index contributed by atoms with van der Waals surface area (Å²) in [5, 5.41) is 11.4. The number of alkyl halides is 3. The van der Waals surface area contributed by atoms with Crippen molar-refractivity contribution in [2.75, 3.05) is 79.2 Å². The van der Waals surface area contributed by atoms with Crippen molar-refractivity contribution < 1.29 is 62.1 Å². The number of nitrogens with one attached hydrogen (secondary N) is 4. The van der Waals surface area contributed by atoms with Crippen LogP contribution in [-0.2, 0) is 57.3 Å². The monoisotopic (exact) mass is 875 g/mol. The molecule has 21 heteroatoms. The van der Waals surface area contributed by atoms with Crippen molar-refractivity contribution in [3.63, 3.8) is 0 Å². The smallest absolute Gasteiger partial charge is 0.407 e. The molecule has 0 aromatic heterocycles. The normalized spacial score (nSPS) is 12.7. The first-order valence-corrected chi connectivity index (χ1v) is 20.7. The van der Waals surface area contributed by atoms with Gasteiger partial charge in [-0.05, 0) is 25.7 Å². The second-order valence-corrected chi connectivity index (χ2v) is 15.4. The lowest BCUT2D eigenvalue weighted by Crippen LogP contribution is -2.32. The summed E-state index contributed by atoms with van der Waals surface area (Å²) in [6.07, 6.45) is 9.05. The maximum absolute atomic E-state index is 12.0. The second kappa shape index (κ2) is 33.9. The van der Waals surface area contributed by atoms with E-state index in [1.807, 2.05) is 0 Å². The number of ether oxygens (including phenoxy) is 5. The quantitative estimate of drug-likeness (QED) is 0.0310. The molecule has 4 N–H and O–H groups in total. The lowest BCUT2D eigenvalue weighted by atomic mass is 10.1. The first kappa shape index (κ1) is 52.0. The third-order valence-electron chi connectivity index (χ3n) is 7.93. The van der Waals surface area contributed by atoms with Gasteiger partial charge >= 0.3 is 12.1 Å². The maximum Gasteiger partial charge on any atom is 0.407 e. The molecule has 1 aliphatic rings. The van der Waals surface area contributed by atoms with Gasteiger partial charge in [0.25, 0.3) is 11.8 Å². The summed E-state index contributed by atoms with van der Waals surface area (Å²) in [6, 6.07) is 0. The lowest BCUT2D eigenvalue weighted by Gasteiger charge is -2.12. The number of hydrogen-bond acceptors (Lipinski definition) is 13. The van der Waals surface area contributed by atoms with Crippen molar-refractivity contribution in [1.29, 1.82) is 0 Å². The fourth-order valence-corrected chi connectivity index (χ4v) is 5.06. The predicted octanol–water partition coefficient (Wildman–Crippen LogP) is 3.52. The van der Waals surface area contributed by atoms with Crippen LogP contribution in [0.5, 0.6) is 0 Å². The molecule has 0 atom stereocenters. The Kier molecular flexibility index (Phi) is 31.0. The van der Waals surface area contributed by atoms with E-state index in [1.54, 1.807) is 0 Å². The van der Waals surface area contributed by atoms with Crippen molar-refractivity contribution >= 4 is 76.4 Å². The Hall–Kier alpha value is -3.00. The molecule has 6 amide bonds. The summed E-state index contributed by atoms with van der Waals surface area (Å²) < 4.78 is 24.6. The van der Waals surface area contributed by atoms with Gasteiger partial charge in [0, 0.05) is 45.3 Å². The summed E-state index contributed by atoms with van der Waals surface area (Å²) in [6.45, 7) is 3.04. The topological polar surface area (TPSA) is 226 Å². The summed E-state index contributed by atoms with van der Waals surface area (Å²) >= 11 is 16.5. The Morgan fingerprint density at radius 3 is 1.61 bits per heavy atom. The highest BCUT2D eigenvalue weighted by Gasteiger charge is 2.32. The van der Waals surface area contributed by atoms with Crippen LogP contribution in [0, 0.1) is 0 Å². The molecule has 0 radical (unpaired) electrons. The van der Waals surface area contributed by atoms with Crippen LogP contribution in [0.4, 0.5) is 4.79 Å². The molecule has 1 saturated heterocycles. The number of rotatable bonds is 35. The molecule has 0 saturated carbocycles. The number of hydrogen-bond donors (Lipinski definition) is 4. The minimum atomic E-state index is -1.64. The number of carbonyl (C=O) groups is 7. The van der Waals surface area contributed by atoms with Gasteiger partial charge in [0.1, 0.15) is 13.3 Å². The third kappa shape index (κ3) is 32.6. The van der Waals surface area contributed by atoms with Gasteiger partial charge in [-0.25, -0.2) is 9.59 Å². The molecular weight excluding hydrogens is 817 g/mol. The average Bonchev–Trinajstić information content (AvgIpc) is 3.48. The molecule has 0 unspecified atom stereocenters. The van der Waals surface area contributed by atoms with Gasteiger partial charge in [-0.1, -0.05) is 73.3 Å². The number of nitrogens with zero attached hydrogens (tertiary/aromatic N) is 1. The number of halogens is 3. The van der Waals surface area contributed by atoms with E-state index in [0.717, 1.165) is 64.2 Å². The minimum Gasteiger partial charge on any atom is -0.445 e. The highest BCUT2D eigenvalue weighted by molar-refractivity contribution is 6.67. The number of imide groups is 1. The fraction of sp³-hybridized carbons (Fsp3) is 0.806. The van der Waals surface area contributed by atoms with Crippen LogP contribution in [0.15, 0.2) is 0 Å². The molecular formula is C36H60Cl3N5O13. The zero-order chi connectivity index (χ0) is 42.0. The molecule has 18 nitrogen and oxygen atoms in total. The summed E-state index contributed by atoms with van der Waals surface area (Å²) in [5.74, 6) is -2.02. The number of carbonyl (C=O) groups excluding carboxylic acids is 7. The van der Waals surface area contributed by atoms with E-state index < -0.39 is 27.7 Å². The minimum absolute atomic E-state index is 0.0274. The van der Waals surface area contributed by atoms with E-state index in [9.17, 15) is 33.6 Å². The van der Waals surface area contributed by atoms with Crippen LogP contribution in [-0.4, -0.2) is 130 Å². The molecule has 57 heavy (non-hydrogen) atoms. The van der Waals surface area contributed by atoms with Crippen LogP contribution < -0.4 is 21.3 Å². The van der Waals surface area contributed by atoms with E-state index >= 15 is 0 Å². The van der Waals surface area contributed by atoms with Crippen molar-refractivity contribution in [1.82, 2.24) is 26.3 Å². The molecule has 0 bridgehead atoms. The summed E-state index contributed by atoms with van der Waals surface area (Å²) in [4.78, 5) is 86.6. The number of alkyl carbamates (subject to hydrolysis) is 1. The Bertz CT molecular complexity index is 1180. The van der Waals surface area contributed by atoms with Crippen molar-refractivity contribution in [2.45, 2.75) is 107 Å². The van der Waals surface area contributed by atoms with Crippen molar-refractivity contribution in [3.05, 3.63) is 0 Å². The summed E-state index contributed by atoms with van der Waals surface area (Å²) in [5.41, 5.74) is 0. The average molecular weight is 877 g/mol. The molecule has 1 heterocycles. The zero-order valence-electron chi connectivity index (χ0n) is 32.7. The molecule has 0 aromatic rings. The number of unbranched alkanes of at least 4 members (excludes halogenated alkanes) is 8. The Balaban J connectivity index is 1.78. The maximum atomic E-state index is 12.0. The van der Waals surface area contributed by atoms with Gasteiger partial charge in [-0.2, -0.15) is 0 Å². The molecule has 0 aromatic carbocycles. The molecule has 1 aliphatic heterocycles. The van der Waals surface area contributed by atoms with Crippen molar-refractivity contribution in [3.8, 4) is 0 Å². The zero-order valence-corrected chi connectivity index (χ0v) is 35.0. The molecule has 328 valence electrons. The fourth-order valence-electron chi connectivity index (χ4n) is 4.90. The van der Waals surface area contributed by atoms with Gasteiger partial charge in [0.2, 0.25) is 21.5 Å². The Morgan fingerprint density at radius 2 is 1.00 bits per heavy atom. The number of amides is 6. The standard InChI is InChI=1S/C36H60Cl3N5O13/c37-36(38,39)27-56-35(51)42-18-10-6-2-4-8-12-30(46)43-28-55-20-15-31(47)40-17-9-5-1-3-7-11-29(45)41-19-22-53-24-26-54-25-23-52-21-16-34(50)57-44-32(48)13-14-33(44)49/h1-28H2,(H,40,47)(H,41,45)(H,42,51)(H,43,46). The molecule has 0 aliphatic carbocycles. The highest BCUT2D eigenvalue weighted by Crippen LogP contribution is 2.25. The largest absolute Gasteiger partial charge is 0.445 e. The van der Waals surface area contributed by atoms with E-state index in [4.69, 9.17) is 63.3 Å². The van der Waals surface area contributed by atoms with E-state index in [2.05, 4.69) is 21.3 Å². The summed E-state index contributed by atoms with van der Waals surface area (Å²) in [7, 11) is 0. The first-order chi connectivity index (χ1) is 27.4. The Morgan fingerprint density at radius 1 is 0.526 bits per heavy atom. The third-order valence-corrected chi connectivity index (χ3v) is 8.25. The van der Waals surface area contributed by atoms with Crippen molar-refractivity contribution in [2.24, 2.45) is 0 Å². The van der Waals surface area contributed by atoms with Gasteiger partial charge in [-0.3, -0.25) is 24.0 Å². The van der Waals surface area contributed by atoms with Crippen LogP contribution in [0.25, 0.3) is 0 Å². The molecule has 1 rings (SSSR count). The van der Waals surface area contributed by atoms with E-state index in [0.29, 0.717) is 64.0 Å². The van der Waals surface area contributed by atoms with E-state index in [1.165, 1.54) is 0 Å². The van der Waals surface area contributed by atoms with Gasteiger partial charge in [0.15, 0.2) is 0 Å². The van der Waals surface area contributed by atoms with E-state index in [-0.39, 0.29) is 76.6 Å². The van der Waals surface area contributed by atoms with Gasteiger partial charge in [0.05, 0.1) is 59.1 Å². The predicted molar refractivity (Wildman–Crippen MR) is 209 cm³/mol. The SMILES string of the molecule is O=C(CCCCCCCNC(=O)CCOCNC(=O)CCCCCCCNC(=O)OCC(Cl)(Cl)Cl)NCCOCCOCCOCCC(=O)ON1C(=O)CCC1=O. The van der Waals surface area contributed by atoms with Gasteiger partial charge in [-0.15, -0.1) is 5.06 Å². The molecule has 1 fully saturated rings. The van der Waals surface area contributed by atoms with Crippen LogP contribution in [0.3, 0.4) is 0 Å².